The topological polar surface area (TPSA) is 21.3 Å². The van der Waals surface area contributed by atoms with Crippen LogP contribution in [0.4, 0.5) is 17.1 Å². The highest BCUT2D eigenvalue weighted by Gasteiger charge is 2.19. The Labute approximate surface area is 291 Å². The second-order valence-electron chi connectivity index (χ2n) is 13.0. The van der Waals surface area contributed by atoms with Gasteiger partial charge in [0.15, 0.2) is 0 Å². The number of nitrogens with zero attached hydrogens (tertiary/aromatic N) is 2. The second-order valence-corrected chi connectivity index (χ2v) is 14.1. The molecule has 11 aromatic rings. The van der Waals surface area contributed by atoms with Gasteiger partial charge < -0.3 is 13.9 Å². The van der Waals surface area contributed by atoms with Crippen molar-refractivity contribution in [2.45, 2.75) is 0 Å². The van der Waals surface area contributed by atoms with Crippen LogP contribution in [0.3, 0.4) is 0 Å². The molecule has 3 nitrogen and oxygen atoms in total. The molecule has 0 amide bonds. The van der Waals surface area contributed by atoms with Gasteiger partial charge in [0.05, 0.1) is 11.0 Å². The molecule has 0 atom stereocenters. The Kier molecular flexibility index (Phi) is 5.83. The van der Waals surface area contributed by atoms with E-state index in [1.807, 2.05) is 23.5 Å². The zero-order valence-corrected chi connectivity index (χ0v) is 27.7. The maximum absolute atomic E-state index is 6.25. The van der Waals surface area contributed by atoms with Gasteiger partial charge in [0.25, 0.3) is 0 Å². The van der Waals surface area contributed by atoms with Crippen molar-refractivity contribution >= 4 is 103 Å². The predicted molar refractivity (Wildman–Crippen MR) is 213 cm³/mol. The molecular formula is C46H28N2OS. The van der Waals surface area contributed by atoms with E-state index in [4.69, 9.17) is 4.42 Å². The lowest BCUT2D eigenvalue weighted by molar-refractivity contribution is 0.669. The zero-order chi connectivity index (χ0) is 32.8. The molecule has 0 saturated heterocycles. The van der Waals surface area contributed by atoms with Crippen molar-refractivity contribution in [2.75, 3.05) is 4.90 Å². The van der Waals surface area contributed by atoms with Crippen LogP contribution in [0.2, 0.25) is 0 Å². The number of hydrogen-bond acceptors (Lipinski definition) is 3. The van der Waals surface area contributed by atoms with E-state index >= 15 is 0 Å². The van der Waals surface area contributed by atoms with E-state index in [2.05, 4.69) is 167 Å². The molecule has 0 fully saturated rings. The Morgan fingerprint density at radius 3 is 2.00 bits per heavy atom. The predicted octanol–water partition coefficient (Wildman–Crippen LogP) is 13.7. The number of benzene rings is 8. The van der Waals surface area contributed by atoms with Crippen molar-refractivity contribution in [3.05, 3.63) is 170 Å². The first-order valence-corrected chi connectivity index (χ1v) is 17.7. The van der Waals surface area contributed by atoms with E-state index < -0.39 is 0 Å². The van der Waals surface area contributed by atoms with Gasteiger partial charge in [-0.2, -0.15) is 0 Å². The highest BCUT2D eigenvalue weighted by molar-refractivity contribution is 7.25. The molecule has 234 valence electrons. The number of aromatic nitrogens is 1. The monoisotopic (exact) mass is 656 g/mol. The quantitative estimate of drug-likeness (QED) is 0.188. The van der Waals surface area contributed by atoms with Gasteiger partial charge in [-0.05, 0) is 95.7 Å². The first kappa shape index (κ1) is 27.6. The Morgan fingerprint density at radius 1 is 0.400 bits per heavy atom. The Hall–Kier alpha value is -6.36. The maximum Gasteiger partial charge on any atom is 0.136 e. The molecule has 11 rings (SSSR count). The second kappa shape index (κ2) is 10.6. The number of anilines is 3. The summed E-state index contributed by atoms with van der Waals surface area (Å²) >= 11 is 1.85. The standard InChI is InChI=1S/C46H28N2OS/c1-2-10-31(11-3-1)48-41-15-7-4-12-35(41)36-22-20-34(28-42(36)48)47(33-21-23-46-40(27-33)38-14-6-9-17-45(38)50-46)32-19-18-29-26-44-39(25-30(29)24-32)37-13-5-8-16-43(37)49-44/h1-28H. The number of hydrogen-bond donors (Lipinski definition) is 0. The average Bonchev–Trinajstić information content (AvgIpc) is 3.83. The smallest absolute Gasteiger partial charge is 0.136 e. The molecule has 0 aliphatic rings. The molecule has 0 bridgehead atoms. The zero-order valence-electron chi connectivity index (χ0n) is 26.9. The number of para-hydroxylation sites is 3. The molecule has 3 aromatic heterocycles. The number of fused-ring (bicyclic) bond motifs is 10. The highest BCUT2D eigenvalue weighted by Crippen LogP contribution is 2.44. The highest BCUT2D eigenvalue weighted by atomic mass is 32.1. The Bertz CT molecular complexity index is 3110. The van der Waals surface area contributed by atoms with Crippen molar-refractivity contribution < 1.29 is 4.42 Å². The van der Waals surface area contributed by atoms with Gasteiger partial charge in [0.2, 0.25) is 0 Å². The molecule has 8 aromatic carbocycles. The third kappa shape index (κ3) is 4.09. The lowest BCUT2D eigenvalue weighted by atomic mass is 10.0. The SMILES string of the molecule is c1ccc(-n2c3ccccc3c3ccc(N(c4ccc5cc6oc7ccccc7c6cc5c4)c4ccc5sc6ccccc6c5c4)cc32)cc1. The summed E-state index contributed by atoms with van der Waals surface area (Å²) in [6.07, 6.45) is 0. The van der Waals surface area contributed by atoms with E-state index in [1.54, 1.807) is 0 Å². The van der Waals surface area contributed by atoms with Crippen molar-refractivity contribution in [1.82, 2.24) is 4.57 Å². The average molecular weight is 657 g/mol. The van der Waals surface area contributed by atoms with Crippen LogP contribution in [-0.2, 0) is 0 Å². The summed E-state index contributed by atoms with van der Waals surface area (Å²) in [4.78, 5) is 2.41. The van der Waals surface area contributed by atoms with E-state index in [0.29, 0.717) is 0 Å². The van der Waals surface area contributed by atoms with Gasteiger partial charge in [-0.3, -0.25) is 0 Å². The van der Waals surface area contributed by atoms with Crippen LogP contribution < -0.4 is 4.90 Å². The summed E-state index contributed by atoms with van der Waals surface area (Å²) in [5, 5.41) is 9.66. The molecule has 0 unspecified atom stereocenters. The molecule has 0 N–H and O–H groups in total. The normalized spacial score (nSPS) is 12.0. The molecule has 4 heteroatoms. The number of rotatable bonds is 4. The third-order valence-electron chi connectivity index (χ3n) is 10.1. The fraction of sp³-hybridized carbons (Fsp3) is 0. The minimum atomic E-state index is 0.914. The van der Waals surface area contributed by atoms with Crippen LogP contribution in [0.1, 0.15) is 0 Å². The molecule has 0 spiro atoms. The third-order valence-corrected chi connectivity index (χ3v) is 11.3. The molecule has 0 radical (unpaired) electrons. The molecular weight excluding hydrogens is 629 g/mol. The summed E-state index contributed by atoms with van der Waals surface area (Å²) in [5.41, 5.74) is 8.68. The number of thiophene rings is 1. The van der Waals surface area contributed by atoms with Crippen LogP contribution in [0.25, 0.3) is 80.4 Å². The first-order valence-electron chi connectivity index (χ1n) is 16.9. The van der Waals surface area contributed by atoms with E-state index in [0.717, 1.165) is 50.1 Å². The summed E-state index contributed by atoms with van der Waals surface area (Å²) in [5.74, 6) is 0. The van der Waals surface area contributed by atoms with Gasteiger partial charge in [-0.1, -0.05) is 84.9 Å². The van der Waals surface area contributed by atoms with Crippen LogP contribution >= 0.6 is 11.3 Å². The van der Waals surface area contributed by atoms with Crippen molar-refractivity contribution in [1.29, 1.82) is 0 Å². The van der Waals surface area contributed by atoms with Gasteiger partial charge in [0.1, 0.15) is 11.2 Å². The maximum atomic E-state index is 6.25. The van der Waals surface area contributed by atoms with Gasteiger partial charge >= 0.3 is 0 Å². The molecule has 0 aliphatic heterocycles. The van der Waals surface area contributed by atoms with E-state index in [-0.39, 0.29) is 0 Å². The van der Waals surface area contributed by atoms with Gasteiger partial charge in [-0.15, -0.1) is 11.3 Å². The van der Waals surface area contributed by atoms with Crippen molar-refractivity contribution in [3.8, 4) is 5.69 Å². The lowest BCUT2D eigenvalue weighted by Crippen LogP contribution is -2.10. The summed E-state index contributed by atoms with van der Waals surface area (Å²) < 4.78 is 11.2. The minimum Gasteiger partial charge on any atom is -0.456 e. The number of furan rings is 1. The summed E-state index contributed by atoms with van der Waals surface area (Å²) in [7, 11) is 0. The fourth-order valence-electron chi connectivity index (χ4n) is 7.85. The van der Waals surface area contributed by atoms with Gasteiger partial charge in [0, 0.05) is 64.5 Å². The Morgan fingerprint density at radius 2 is 1.08 bits per heavy atom. The van der Waals surface area contributed by atoms with E-state index in [1.165, 1.54) is 47.4 Å². The minimum absolute atomic E-state index is 0.914. The van der Waals surface area contributed by atoms with Crippen molar-refractivity contribution in [2.24, 2.45) is 0 Å². The fourth-order valence-corrected chi connectivity index (χ4v) is 8.93. The largest absolute Gasteiger partial charge is 0.456 e. The molecule has 0 saturated carbocycles. The van der Waals surface area contributed by atoms with Gasteiger partial charge in [-0.25, -0.2) is 0 Å². The lowest BCUT2D eigenvalue weighted by Gasteiger charge is -2.26. The van der Waals surface area contributed by atoms with Crippen LogP contribution in [0, 0.1) is 0 Å². The molecule has 0 aliphatic carbocycles. The van der Waals surface area contributed by atoms with Crippen molar-refractivity contribution in [3.63, 3.8) is 0 Å². The Balaban J connectivity index is 1.18. The van der Waals surface area contributed by atoms with Crippen LogP contribution in [0.15, 0.2) is 174 Å². The summed E-state index contributed by atoms with van der Waals surface area (Å²) in [6, 6.07) is 61.5. The molecule has 3 heterocycles. The first-order chi connectivity index (χ1) is 24.8. The van der Waals surface area contributed by atoms with Crippen LogP contribution in [0.5, 0.6) is 0 Å². The molecule has 50 heavy (non-hydrogen) atoms. The summed E-state index contributed by atoms with van der Waals surface area (Å²) in [6.45, 7) is 0. The van der Waals surface area contributed by atoms with Crippen LogP contribution in [-0.4, -0.2) is 4.57 Å². The van der Waals surface area contributed by atoms with E-state index in [9.17, 15) is 0 Å².